The minimum absolute atomic E-state index is 0.504. The third-order valence-corrected chi connectivity index (χ3v) is 5.37. The molecule has 0 amide bonds. The number of aromatic nitrogens is 1. The van der Waals surface area contributed by atoms with Gasteiger partial charge in [-0.1, -0.05) is 31.2 Å². The molecule has 0 aliphatic carbocycles. The average Bonchev–Trinajstić information content (AvgIpc) is 2.88. The van der Waals surface area contributed by atoms with E-state index in [9.17, 15) is 5.11 Å². The predicted octanol–water partition coefficient (Wildman–Crippen LogP) is 3.91. The van der Waals surface area contributed by atoms with Gasteiger partial charge in [0.25, 0.3) is 0 Å². The highest BCUT2D eigenvalue weighted by Crippen LogP contribution is 2.37. The Labute approximate surface area is 154 Å². The van der Waals surface area contributed by atoms with Gasteiger partial charge in [-0.25, -0.2) is 0 Å². The van der Waals surface area contributed by atoms with E-state index in [2.05, 4.69) is 40.2 Å². The van der Waals surface area contributed by atoms with Crippen LogP contribution in [0.3, 0.4) is 0 Å². The molecule has 0 saturated heterocycles. The first-order valence-corrected chi connectivity index (χ1v) is 9.41. The van der Waals surface area contributed by atoms with Gasteiger partial charge < -0.3 is 19.7 Å². The number of hydrogen-bond donors (Lipinski definition) is 2. The van der Waals surface area contributed by atoms with E-state index >= 15 is 0 Å². The van der Waals surface area contributed by atoms with Gasteiger partial charge in [0.05, 0.1) is 18.7 Å². The van der Waals surface area contributed by atoms with Crippen molar-refractivity contribution in [2.75, 3.05) is 20.2 Å². The summed E-state index contributed by atoms with van der Waals surface area (Å²) in [6.07, 6.45) is 1.21. The molecule has 2 aromatic carbocycles. The molecule has 26 heavy (non-hydrogen) atoms. The van der Waals surface area contributed by atoms with E-state index in [0.29, 0.717) is 6.42 Å². The molecule has 4 nitrogen and oxygen atoms in total. The van der Waals surface area contributed by atoms with Gasteiger partial charge in [0, 0.05) is 42.7 Å². The predicted molar refractivity (Wildman–Crippen MR) is 106 cm³/mol. The van der Waals surface area contributed by atoms with E-state index in [1.807, 2.05) is 19.1 Å². The zero-order valence-electron chi connectivity index (χ0n) is 15.5. The fourth-order valence-corrected chi connectivity index (χ4v) is 4.00. The Bertz CT molecular complexity index is 929. The molecule has 1 aliphatic heterocycles. The van der Waals surface area contributed by atoms with E-state index < -0.39 is 6.10 Å². The van der Waals surface area contributed by atoms with E-state index in [4.69, 9.17) is 4.74 Å². The average molecular weight is 350 g/mol. The summed E-state index contributed by atoms with van der Waals surface area (Å²) in [5.74, 6) is 0.779. The van der Waals surface area contributed by atoms with Crippen LogP contribution in [0.25, 0.3) is 22.0 Å². The number of ether oxygens (including phenoxy) is 1. The van der Waals surface area contributed by atoms with Gasteiger partial charge in [-0.05, 0) is 35.7 Å². The Morgan fingerprint density at radius 3 is 2.85 bits per heavy atom. The van der Waals surface area contributed by atoms with Crippen LogP contribution < -0.4 is 10.1 Å². The normalized spacial score (nSPS) is 15.5. The van der Waals surface area contributed by atoms with Crippen molar-refractivity contribution in [3.8, 4) is 16.9 Å². The number of benzene rings is 2. The molecule has 136 valence electrons. The Hall–Kier alpha value is -2.30. The van der Waals surface area contributed by atoms with Crippen molar-refractivity contribution in [1.82, 2.24) is 9.88 Å². The lowest BCUT2D eigenvalue weighted by atomic mass is 9.93. The quantitative estimate of drug-likeness (QED) is 0.750. The van der Waals surface area contributed by atoms with Crippen LogP contribution in [0.2, 0.25) is 0 Å². The van der Waals surface area contributed by atoms with Crippen molar-refractivity contribution in [3.05, 3.63) is 53.7 Å². The van der Waals surface area contributed by atoms with Gasteiger partial charge in [0.2, 0.25) is 0 Å². The van der Waals surface area contributed by atoms with Crippen molar-refractivity contribution in [2.24, 2.45) is 0 Å². The number of hydrogen-bond acceptors (Lipinski definition) is 3. The van der Waals surface area contributed by atoms with Crippen LogP contribution in [-0.2, 0) is 13.0 Å². The SMILES string of the molecule is CCC(O)c1cc(OC)ccc1-c1cccc2cc3n(c12)CCNCC3. The summed E-state index contributed by atoms with van der Waals surface area (Å²) in [6, 6.07) is 14.8. The Balaban J connectivity index is 1.96. The first kappa shape index (κ1) is 17.1. The van der Waals surface area contributed by atoms with Gasteiger partial charge in [0.1, 0.15) is 5.75 Å². The van der Waals surface area contributed by atoms with Crippen molar-refractivity contribution in [1.29, 1.82) is 0 Å². The van der Waals surface area contributed by atoms with E-state index in [-0.39, 0.29) is 0 Å². The molecule has 0 bridgehead atoms. The molecule has 1 atom stereocenters. The topological polar surface area (TPSA) is 46.4 Å². The van der Waals surface area contributed by atoms with Crippen molar-refractivity contribution < 1.29 is 9.84 Å². The molecule has 2 heterocycles. The van der Waals surface area contributed by atoms with Crippen molar-refractivity contribution >= 4 is 10.9 Å². The lowest BCUT2D eigenvalue weighted by Gasteiger charge is -2.18. The van der Waals surface area contributed by atoms with Crippen LogP contribution >= 0.6 is 0 Å². The highest BCUT2D eigenvalue weighted by atomic mass is 16.5. The first-order valence-electron chi connectivity index (χ1n) is 9.41. The van der Waals surface area contributed by atoms with Gasteiger partial charge in [-0.2, -0.15) is 0 Å². The van der Waals surface area contributed by atoms with Crippen LogP contribution in [0.4, 0.5) is 0 Å². The second-order valence-electron chi connectivity index (χ2n) is 6.91. The van der Waals surface area contributed by atoms with Crippen molar-refractivity contribution in [2.45, 2.75) is 32.4 Å². The molecule has 2 N–H and O–H groups in total. The summed E-state index contributed by atoms with van der Waals surface area (Å²) in [6.45, 7) is 4.98. The molecule has 4 heteroatoms. The molecule has 4 rings (SSSR count). The van der Waals surface area contributed by atoms with Crippen LogP contribution in [0.5, 0.6) is 5.75 Å². The highest BCUT2D eigenvalue weighted by Gasteiger charge is 2.19. The number of aliphatic hydroxyl groups is 1. The zero-order chi connectivity index (χ0) is 18.1. The maximum Gasteiger partial charge on any atom is 0.119 e. The maximum absolute atomic E-state index is 10.6. The number of nitrogens with zero attached hydrogens (tertiary/aromatic N) is 1. The number of nitrogens with one attached hydrogen (secondary N) is 1. The third kappa shape index (κ3) is 2.89. The molecular weight excluding hydrogens is 324 g/mol. The third-order valence-electron chi connectivity index (χ3n) is 5.37. The molecule has 3 aromatic rings. The molecule has 0 radical (unpaired) electrons. The fraction of sp³-hybridized carbons (Fsp3) is 0.364. The van der Waals surface area contributed by atoms with Crippen LogP contribution in [0.15, 0.2) is 42.5 Å². The van der Waals surface area contributed by atoms with E-state index in [0.717, 1.165) is 42.9 Å². The Morgan fingerprint density at radius 2 is 2.04 bits per heavy atom. The number of aliphatic hydroxyl groups excluding tert-OH is 1. The first-order chi connectivity index (χ1) is 12.7. The Kier molecular flexibility index (Phi) is 4.70. The monoisotopic (exact) mass is 350 g/mol. The minimum Gasteiger partial charge on any atom is -0.497 e. The molecule has 0 saturated carbocycles. The molecule has 1 unspecified atom stereocenters. The molecule has 1 aromatic heterocycles. The lowest BCUT2D eigenvalue weighted by Crippen LogP contribution is -2.17. The van der Waals surface area contributed by atoms with Gasteiger partial charge in [-0.3, -0.25) is 0 Å². The lowest BCUT2D eigenvalue weighted by molar-refractivity contribution is 0.174. The van der Waals surface area contributed by atoms with Gasteiger partial charge in [-0.15, -0.1) is 0 Å². The number of methoxy groups -OCH3 is 1. The zero-order valence-corrected chi connectivity index (χ0v) is 15.5. The van der Waals surface area contributed by atoms with E-state index in [1.165, 1.54) is 22.2 Å². The number of fused-ring (bicyclic) bond motifs is 3. The summed E-state index contributed by atoms with van der Waals surface area (Å²) in [4.78, 5) is 0. The second-order valence-corrected chi connectivity index (χ2v) is 6.91. The summed E-state index contributed by atoms with van der Waals surface area (Å²) in [7, 11) is 1.66. The van der Waals surface area contributed by atoms with Gasteiger partial charge >= 0.3 is 0 Å². The van der Waals surface area contributed by atoms with E-state index in [1.54, 1.807) is 7.11 Å². The molecular formula is C22H26N2O2. The largest absolute Gasteiger partial charge is 0.497 e. The molecule has 0 fully saturated rings. The van der Waals surface area contributed by atoms with Crippen LogP contribution in [-0.4, -0.2) is 29.9 Å². The maximum atomic E-state index is 10.6. The summed E-state index contributed by atoms with van der Waals surface area (Å²) in [5, 5.41) is 15.4. The van der Waals surface area contributed by atoms with Crippen molar-refractivity contribution in [3.63, 3.8) is 0 Å². The summed E-state index contributed by atoms with van der Waals surface area (Å²) < 4.78 is 7.84. The minimum atomic E-state index is -0.504. The molecule has 0 spiro atoms. The second kappa shape index (κ2) is 7.14. The van der Waals surface area contributed by atoms with Crippen LogP contribution in [0, 0.1) is 0 Å². The summed E-state index contributed by atoms with van der Waals surface area (Å²) >= 11 is 0. The van der Waals surface area contributed by atoms with Crippen LogP contribution in [0.1, 0.15) is 30.7 Å². The number of rotatable bonds is 4. The summed E-state index contributed by atoms with van der Waals surface area (Å²) in [5.41, 5.74) is 5.84. The standard InChI is InChI=1S/C22H26N2O2/c1-3-21(25)20-14-17(26-2)7-8-18(20)19-6-4-5-15-13-16-9-10-23-11-12-24(16)22(15)19/h4-8,13-14,21,23,25H,3,9-12H2,1-2H3. The highest BCUT2D eigenvalue weighted by molar-refractivity contribution is 5.96. The van der Waals surface area contributed by atoms with Gasteiger partial charge in [0.15, 0.2) is 0 Å². The molecule has 1 aliphatic rings. The number of para-hydroxylation sites is 1. The smallest absolute Gasteiger partial charge is 0.119 e. The Morgan fingerprint density at radius 1 is 1.15 bits per heavy atom. The fourth-order valence-electron chi connectivity index (χ4n) is 4.00.